The molecule has 2 fully saturated rings. The van der Waals surface area contributed by atoms with Gasteiger partial charge in [0.1, 0.15) is 0 Å². The average molecular weight is 316 g/mol. The summed E-state index contributed by atoms with van der Waals surface area (Å²) in [5.41, 5.74) is 1.60. The Morgan fingerprint density at radius 1 is 1.22 bits per heavy atom. The van der Waals surface area contributed by atoms with Gasteiger partial charge in [0.15, 0.2) is 0 Å². The molecule has 2 aliphatic rings. The van der Waals surface area contributed by atoms with Gasteiger partial charge < -0.3 is 9.64 Å². The van der Waals surface area contributed by atoms with Crippen molar-refractivity contribution < 1.29 is 4.74 Å². The zero-order chi connectivity index (χ0) is 16.1. The molecule has 0 unspecified atom stereocenters. The van der Waals surface area contributed by atoms with Gasteiger partial charge in [0.05, 0.1) is 12.2 Å². The van der Waals surface area contributed by atoms with Gasteiger partial charge in [-0.2, -0.15) is 0 Å². The Bertz CT molecular complexity index is 468. The normalized spacial score (nSPS) is 29.3. The zero-order valence-electron chi connectivity index (χ0n) is 14.8. The van der Waals surface area contributed by atoms with Crippen LogP contribution in [0.15, 0.2) is 30.3 Å². The van der Waals surface area contributed by atoms with Gasteiger partial charge in [0.2, 0.25) is 0 Å². The van der Waals surface area contributed by atoms with Crippen LogP contribution in [0.25, 0.3) is 0 Å². The Kier molecular flexibility index (Phi) is 5.73. The van der Waals surface area contributed by atoms with Crippen molar-refractivity contribution >= 4 is 0 Å². The molecular formula is C20H32N2O. The molecule has 1 aliphatic carbocycles. The van der Waals surface area contributed by atoms with E-state index in [2.05, 4.69) is 54.1 Å². The predicted octanol–water partition coefficient (Wildman–Crippen LogP) is 3.19. The van der Waals surface area contributed by atoms with Gasteiger partial charge in [-0.15, -0.1) is 0 Å². The molecule has 0 atom stereocenters. The minimum absolute atomic E-state index is 0.158. The molecule has 3 heteroatoms. The van der Waals surface area contributed by atoms with Crippen molar-refractivity contribution in [1.29, 1.82) is 0 Å². The van der Waals surface area contributed by atoms with Crippen LogP contribution in [0.1, 0.15) is 38.2 Å². The first-order chi connectivity index (χ1) is 11.2. The maximum atomic E-state index is 6.24. The number of hydrogen-bond donors (Lipinski definition) is 0. The maximum absolute atomic E-state index is 6.24. The van der Waals surface area contributed by atoms with Gasteiger partial charge in [0, 0.05) is 25.7 Å². The van der Waals surface area contributed by atoms with Crippen molar-refractivity contribution in [2.75, 3.05) is 39.8 Å². The molecule has 1 aromatic carbocycles. The van der Waals surface area contributed by atoms with E-state index in [1.165, 1.54) is 31.2 Å². The summed E-state index contributed by atoms with van der Waals surface area (Å²) in [5, 5.41) is 0. The molecule has 3 rings (SSSR count). The highest BCUT2D eigenvalue weighted by atomic mass is 16.5. The minimum atomic E-state index is 0.158. The first-order valence-corrected chi connectivity index (χ1v) is 9.31. The molecule has 0 amide bonds. The summed E-state index contributed by atoms with van der Waals surface area (Å²) in [6.45, 7) is 7.75. The van der Waals surface area contributed by atoms with Crippen molar-refractivity contribution in [3.63, 3.8) is 0 Å². The third-order valence-corrected chi connectivity index (χ3v) is 5.86. The smallest absolute Gasteiger partial charge is 0.0810 e. The fourth-order valence-corrected chi connectivity index (χ4v) is 4.20. The monoisotopic (exact) mass is 316 g/mol. The second-order valence-electron chi connectivity index (χ2n) is 7.35. The summed E-state index contributed by atoms with van der Waals surface area (Å²) in [4.78, 5) is 5.13. The van der Waals surface area contributed by atoms with Crippen molar-refractivity contribution in [1.82, 2.24) is 9.80 Å². The third kappa shape index (κ3) is 4.34. The largest absolute Gasteiger partial charge is 0.372 e. The summed E-state index contributed by atoms with van der Waals surface area (Å²) >= 11 is 0. The number of morpholine rings is 1. The highest BCUT2D eigenvalue weighted by Gasteiger charge is 2.40. The van der Waals surface area contributed by atoms with Gasteiger partial charge in [-0.3, -0.25) is 4.90 Å². The molecule has 128 valence electrons. The highest BCUT2D eigenvalue weighted by molar-refractivity contribution is 5.14. The number of benzene rings is 1. The average Bonchev–Trinajstić information content (AvgIpc) is 2.61. The molecular weight excluding hydrogens is 284 g/mol. The van der Waals surface area contributed by atoms with Crippen molar-refractivity contribution in [3.05, 3.63) is 35.9 Å². The summed E-state index contributed by atoms with van der Waals surface area (Å²) in [6, 6.07) is 11.6. The van der Waals surface area contributed by atoms with E-state index >= 15 is 0 Å². The van der Waals surface area contributed by atoms with Crippen molar-refractivity contribution in [2.24, 2.45) is 0 Å². The van der Waals surface area contributed by atoms with Gasteiger partial charge in [-0.1, -0.05) is 37.3 Å². The van der Waals surface area contributed by atoms with Gasteiger partial charge in [-0.05, 0) is 51.3 Å². The van der Waals surface area contributed by atoms with E-state index in [0.29, 0.717) is 0 Å². The lowest BCUT2D eigenvalue weighted by atomic mass is 9.80. The second-order valence-corrected chi connectivity index (χ2v) is 7.35. The molecule has 1 aliphatic heterocycles. The Morgan fingerprint density at radius 2 is 1.96 bits per heavy atom. The maximum Gasteiger partial charge on any atom is 0.0810 e. The van der Waals surface area contributed by atoms with Crippen LogP contribution in [-0.2, 0) is 11.2 Å². The second kappa shape index (κ2) is 7.78. The number of nitrogens with zero attached hydrogens (tertiary/aromatic N) is 2. The van der Waals surface area contributed by atoms with Gasteiger partial charge in [-0.25, -0.2) is 0 Å². The summed E-state index contributed by atoms with van der Waals surface area (Å²) in [6.07, 6.45) is 6.17. The standard InChI is InChI=1S/C20H32N2O/c1-3-22-15-16-23-20(17-22)12-9-19(10-13-20)21(2)14-11-18-7-5-4-6-8-18/h4-8,19H,3,9-17H2,1-2H3. The molecule has 1 saturated heterocycles. The molecule has 1 spiro atoms. The molecule has 0 radical (unpaired) electrons. The highest BCUT2D eigenvalue weighted by Crippen LogP contribution is 2.36. The van der Waals surface area contributed by atoms with Crippen LogP contribution in [0, 0.1) is 0 Å². The summed E-state index contributed by atoms with van der Waals surface area (Å²) < 4.78 is 6.24. The SMILES string of the molecule is CCN1CCOC2(CCC(N(C)CCc3ccccc3)CC2)C1. The molecule has 1 heterocycles. The number of hydrogen-bond acceptors (Lipinski definition) is 3. The molecule has 23 heavy (non-hydrogen) atoms. The van der Waals surface area contributed by atoms with Crippen molar-refractivity contribution in [2.45, 2.75) is 50.7 Å². The summed E-state index contributed by atoms with van der Waals surface area (Å²) in [5.74, 6) is 0. The van der Waals surface area contributed by atoms with Crippen LogP contribution in [0.4, 0.5) is 0 Å². The Hall–Kier alpha value is -0.900. The van der Waals surface area contributed by atoms with E-state index < -0.39 is 0 Å². The Labute approximate surface area is 141 Å². The fourth-order valence-electron chi connectivity index (χ4n) is 4.20. The van der Waals surface area contributed by atoms with E-state index in [1.807, 2.05) is 0 Å². The first-order valence-electron chi connectivity index (χ1n) is 9.31. The summed E-state index contributed by atoms with van der Waals surface area (Å²) in [7, 11) is 2.30. The lowest BCUT2D eigenvalue weighted by Gasteiger charge is -2.47. The molecule has 1 saturated carbocycles. The quantitative estimate of drug-likeness (QED) is 0.830. The van der Waals surface area contributed by atoms with E-state index in [1.54, 1.807) is 0 Å². The molecule has 0 aromatic heterocycles. The number of rotatable bonds is 5. The van der Waals surface area contributed by atoms with Crippen LogP contribution in [0.5, 0.6) is 0 Å². The molecule has 1 aromatic rings. The van der Waals surface area contributed by atoms with Gasteiger partial charge >= 0.3 is 0 Å². The lowest BCUT2D eigenvalue weighted by molar-refractivity contribution is -0.132. The predicted molar refractivity (Wildman–Crippen MR) is 95.8 cm³/mol. The Morgan fingerprint density at radius 3 is 2.65 bits per heavy atom. The topological polar surface area (TPSA) is 15.7 Å². The lowest BCUT2D eigenvalue weighted by Crippen LogP contribution is -2.55. The molecule has 3 nitrogen and oxygen atoms in total. The molecule has 0 bridgehead atoms. The fraction of sp³-hybridized carbons (Fsp3) is 0.700. The number of likely N-dealkylation sites (N-methyl/N-ethyl adjacent to an activating group) is 2. The number of ether oxygens (including phenoxy) is 1. The van der Waals surface area contributed by atoms with Crippen LogP contribution >= 0.6 is 0 Å². The minimum Gasteiger partial charge on any atom is -0.372 e. The third-order valence-electron chi connectivity index (χ3n) is 5.86. The van der Waals surface area contributed by atoms with E-state index in [4.69, 9.17) is 4.74 Å². The molecule has 0 N–H and O–H groups in total. The Balaban J connectivity index is 1.46. The van der Waals surface area contributed by atoms with E-state index in [-0.39, 0.29) is 5.60 Å². The van der Waals surface area contributed by atoms with Crippen LogP contribution in [-0.4, -0.2) is 61.3 Å². The van der Waals surface area contributed by atoms with Gasteiger partial charge in [0.25, 0.3) is 0 Å². The zero-order valence-corrected chi connectivity index (χ0v) is 14.8. The van der Waals surface area contributed by atoms with Crippen molar-refractivity contribution in [3.8, 4) is 0 Å². The first kappa shape index (κ1) is 16.9. The van der Waals surface area contributed by atoms with E-state index in [9.17, 15) is 0 Å². The van der Waals surface area contributed by atoms with Crippen LogP contribution < -0.4 is 0 Å². The van der Waals surface area contributed by atoms with Crippen LogP contribution in [0.3, 0.4) is 0 Å². The van der Waals surface area contributed by atoms with E-state index in [0.717, 1.165) is 45.2 Å². The van der Waals surface area contributed by atoms with Crippen LogP contribution in [0.2, 0.25) is 0 Å².